The Balaban J connectivity index is 1.38. The van der Waals surface area contributed by atoms with Gasteiger partial charge in [0.05, 0.1) is 18.8 Å². The average Bonchev–Trinajstić information content (AvgIpc) is 3.02. The van der Waals surface area contributed by atoms with Crippen molar-refractivity contribution in [1.29, 1.82) is 0 Å². The second kappa shape index (κ2) is 12.8. The van der Waals surface area contributed by atoms with Gasteiger partial charge >= 0.3 is 0 Å². The summed E-state index contributed by atoms with van der Waals surface area (Å²) in [4.78, 5) is 17.9. The van der Waals surface area contributed by atoms with Crippen LogP contribution in [0, 0.1) is 13.8 Å². The summed E-state index contributed by atoms with van der Waals surface area (Å²) >= 11 is 0. The number of nitrogens with zero attached hydrogens (tertiary/aromatic N) is 3. The number of hydrogen-bond acceptors (Lipinski definition) is 5. The summed E-state index contributed by atoms with van der Waals surface area (Å²) in [5.41, 5.74) is 4.62. The highest BCUT2D eigenvalue weighted by Crippen LogP contribution is 2.32. The zero-order valence-electron chi connectivity index (χ0n) is 24.3. The summed E-state index contributed by atoms with van der Waals surface area (Å²) in [6, 6.07) is 33.1. The van der Waals surface area contributed by atoms with Crippen molar-refractivity contribution in [2.45, 2.75) is 24.8 Å². The first-order valence-electron chi connectivity index (χ1n) is 14.1. The van der Waals surface area contributed by atoms with E-state index >= 15 is 0 Å². The number of carbonyl (C=O) groups excluding carboxylic acids is 1. The van der Waals surface area contributed by atoms with E-state index in [0.717, 1.165) is 11.1 Å². The smallest absolute Gasteiger partial charge is 0.268 e. The molecule has 0 unspecified atom stereocenters. The lowest BCUT2D eigenvalue weighted by Crippen LogP contribution is -2.52. The Hall–Kier alpha value is -4.14. The summed E-state index contributed by atoms with van der Waals surface area (Å²) in [5.74, 6) is 0.00744. The summed E-state index contributed by atoms with van der Waals surface area (Å²) in [7, 11) is -2.66. The van der Waals surface area contributed by atoms with Gasteiger partial charge in [-0.1, -0.05) is 84.4 Å². The maximum atomic E-state index is 14.1. The van der Waals surface area contributed by atoms with E-state index in [1.54, 1.807) is 35.2 Å². The molecule has 0 aromatic heterocycles. The highest BCUT2D eigenvalue weighted by atomic mass is 32.2. The molecular weight excluding hydrogens is 546 g/mol. The minimum absolute atomic E-state index is 0.0387. The van der Waals surface area contributed by atoms with E-state index in [-0.39, 0.29) is 29.1 Å². The molecule has 0 bridgehead atoms. The molecule has 0 N–H and O–H groups in total. The number of piperazine rings is 1. The fraction of sp³-hybridized carbons (Fsp3) is 0.265. The normalized spacial score (nSPS) is 14.1. The second-order valence-electron chi connectivity index (χ2n) is 10.6. The van der Waals surface area contributed by atoms with E-state index in [0.29, 0.717) is 31.9 Å². The lowest BCUT2D eigenvalue weighted by Gasteiger charge is -2.40. The standard InChI is InChI=1S/C34H37N3O4S/c1-26-14-17-30(18-15-26)37(42(39,40)32-24-27(2)16-19-31(32)41-3)25-33(38)35-20-22-36(23-21-35)34(28-10-6-4-7-11-28)29-12-8-5-9-13-29/h4-19,24,34H,20-23,25H2,1-3H3. The second-order valence-corrected chi connectivity index (χ2v) is 12.5. The number of rotatable bonds is 9. The molecule has 218 valence electrons. The maximum Gasteiger partial charge on any atom is 0.268 e. The number of carbonyl (C=O) groups is 1. The number of aryl methyl sites for hydroxylation is 2. The van der Waals surface area contributed by atoms with Gasteiger partial charge in [-0.25, -0.2) is 8.42 Å². The molecule has 1 aliphatic heterocycles. The van der Waals surface area contributed by atoms with Crippen molar-refractivity contribution in [3.63, 3.8) is 0 Å². The summed E-state index contributed by atoms with van der Waals surface area (Å²) < 4.78 is 34.8. The number of anilines is 1. The molecule has 1 amide bonds. The number of sulfonamides is 1. The topological polar surface area (TPSA) is 70.2 Å². The van der Waals surface area contributed by atoms with E-state index in [1.807, 2.05) is 62.4 Å². The monoisotopic (exact) mass is 583 g/mol. The van der Waals surface area contributed by atoms with Crippen molar-refractivity contribution in [1.82, 2.24) is 9.80 Å². The van der Waals surface area contributed by atoms with E-state index in [4.69, 9.17) is 4.74 Å². The van der Waals surface area contributed by atoms with Crippen LogP contribution in [0.3, 0.4) is 0 Å². The van der Waals surface area contributed by atoms with Gasteiger partial charge in [-0.05, 0) is 54.8 Å². The number of hydrogen-bond donors (Lipinski definition) is 0. The number of ether oxygens (including phenoxy) is 1. The molecule has 1 fully saturated rings. The summed E-state index contributed by atoms with van der Waals surface area (Å²) in [5, 5.41) is 0. The molecule has 0 spiro atoms. The van der Waals surface area contributed by atoms with Gasteiger partial charge in [-0.2, -0.15) is 0 Å². The largest absolute Gasteiger partial charge is 0.495 e. The first-order chi connectivity index (χ1) is 20.3. The molecule has 0 atom stereocenters. The SMILES string of the molecule is COc1ccc(C)cc1S(=O)(=O)N(CC(=O)N1CCN(C(c2ccccc2)c2ccccc2)CC1)c1ccc(C)cc1. The molecule has 0 aliphatic carbocycles. The molecule has 0 radical (unpaired) electrons. The van der Waals surface area contributed by atoms with Crippen LogP contribution < -0.4 is 9.04 Å². The molecule has 4 aromatic carbocycles. The van der Waals surface area contributed by atoms with Gasteiger partial charge in [0.15, 0.2) is 0 Å². The highest BCUT2D eigenvalue weighted by molar-refractivity contribution is 7.93. The Kier molecular flexibility index (Phi) is 8.94. The van der Waals surface area contributed by atoms with E-state index in [2.05, 4.69) is 29.2 Å². The fourth-order valence-electron chi connectivity index (χ4n) is 5.47. The molecular formula is C34H37N3O4S. The van der Waals surface area contributed by atoms with Gasteiger partial charge in [-0.15, -0.1) is 0 Å². The highest BCUT2D eigenvalue weighted by Gasteiger charge is 2.33. The third-order valence-electron chi connectivity index (χ3n) is 7.75. The van der Waals surface area contributed by atoms with Crippen LogP contribution in [0.15, 0.2) is 108 Å². The van der Waals surface area contributed by atoms with E-state index in [9.17, 15) is 13.2 Å². The molecule has 1 aliphatic rings. The summed E-state index contributed by atoms with van der Waals surface area (Å²) in [6.07, 6.45) is 0. The molecule has 1 heterocycles. The first kappa shape index (κ1) is 29.4. The van der Waals surface area contributed by atoms with E-state index < -0.39 is 10.0 Å². The van der Waals surface area contributed by atoms with Crippen LogP contribution in [0.4, 0.5) is 5.69 Å². The van der Waals surface area contributed by atoms with Gasteiger partial charge in [0.25, 0.3) is 10.0 Å². The summed E-state index contributed by atoms with van der Waals surface area (Å²) in [6.45, 7) is 5.82. The Labute approximate surface area is 249 Å². The van der Waals surface area contributed by atoms with Crippen molar-refractivity contribution in [2.24, 2.45) is 0 Å². The number of amides is 1. The quantitative estimate of drug-likeness (QED) is 0.263. The number of methoxy groups -OCH3 is 1. The molecule has 7 nitrogen and oxygen atoms in total. The lowest BCUT2D eigenvalue weighted by molar-refractivity contribution is -0.131. The Morgan fingerprint density at radius 2 is 1.33 bits per heavy atom. The van der Waals surface area contributed by atoms with Crippen LogP contribution in [-0.4, -0.2) is 64.0 Å². The van der Waals surface area contributed by atoms with Crippen LogP contribution in [-0.2, 0) is 14.8 Å². The Morgan fingerprint density at radius 1 is 0.786 bits per heavy atom. The molecule has 4 aromatic rings. The van der Waals surface area contributed by atoms with Crippen molar-refractivity contribution in [3.8, 4) is 5.75 Å². The van der Waals surface area contributed by atoms with Crippen LogP contribution >= 0.6 is 0 Å². The number of benzene rings is 4. The van der Waals surface area contributed by atoms with Crippen LogP contribution in [0.1, 0.15) is 28.3 Å². The van der Waals surface area contributed by atoms with Crippen molar-refractivity contribution >= 4 is 21.6 Å². The van der Waals surface area contributed by atoms with Crippen molar-refractivity contribution in [3.05, 3.63) is 125 Å². The lowest BCUT2D eigenvalue weighted by atomic mass is 9.96. The predicted molar refractivity (Wildman–Crippen MR) is 166 cm³/mol. The molecule has 42 heavy (non-hydrogen) atoms. The van der Waals surface area contributed by atoms with Crippen molar-refractivity contribution in [2.75, 3.05) is 44.1 Å². The minimum Gasteiger partial charge on any atom is -0.495 e. The zero-order valence-corrected chi connectivity index (χ0v) is 25.1. The van der Waals surface area contributed by atoms with Crippen LogP contribution in [0.5, 0.6) is 5.75 Å². The predicted octanol–water partition coefficient (Wildman–Crippen LogP) is 5.44. The fourth-order valence-corrected chi connectivity index (χ4v) is 7.12. The first-order valence-corrected chi connectivity index (χ1v) is 15.6. The third-order valence-corrected chi connectivity index (χ3v) is 9.55. The molecule has 0 saturated carbocycles. The third kappa shape index (κ3) is 6.35. The molecule has 8 heteroatoms. The van der Waals surface area contributed by atoms with Gasteiger partial charge in [0, 0.05) is 26.2 Å². The van der Waals surface area contributed by atoms with Gasteiger partial charge in [-0.3, -0.25) is 14.0 Å². The van der Waals surface area contributed by atoms with Gasteiger partial charge < -0.3 is 9.64 Å². The van der Waals surface area contributed by atoms with Crippen molar-refractivity contribution < 1.29 is 17.9 Å². The Morgan fingerprint density at radius 3 is 1.88 bits per heavy atom. The van der Waals surface area contributed by atoms with Gasteiger partial charge in [0.2, 0.25) is 5.91 Å². The van der Waals surface area contributed by atoms with Crippen LogP contribution in [0.25, 0.3) is 0 Å². The zero-order chi connectivity index (χ0) is 29.7. The molecule has 5 rings (SSSR count). The Bertz CT molecular complexity index is 1560. The minimum atomic E-state index is -4.11. The average molecular weight is 584 g/mol. The maximum absolute atomic E-state index is 14.1. The van der Waals surface area contributed by atoms with Crippen LogP contribution in [0.2, 0.25) is 0 Å². The molecule has 1 saturated heterocycles. The van der Waals surface area contributed by atoms with E-state index in [1.165, 1.54) is 22.5 Å². The van der Waals surface area contributed by atoms with Gasteiger partial charge in [0.1, 0.15) is 17.2 Å².